The highest BCUT2D eigenvalue weighted by molar-refractivity contribution is 5.86. The number of amides is 1. The van der Waals surface area contributed by atoms with Crippen molar-refractivity contribution in [3.63, 3.8) is 0 Å². The lowest BCUT2D eigenvalue weighted by Gasteiger charge is -2.56. The van der Waals surface area contributed by atoms with Gasteiger partial charge in [-0.05, 0) is 68.2 Å². The third-order valence-electron chi connectivity index (χ3n) is 7.78. The fraction of sp³-hybridized carbons (Fsp3) is 0.741. The van der Waals surface area contributed by atoms with Crippen molar-refractivity contribution in [3.8, 4) is 5.75 Å². The second-order valence-corrected chi connectivity index (χ2v) is 10.3. The summed E-state index contributed by atoms with van der Waals surface area (Å²) in [6, 6.07) is 7.66. The molecule has 0 aromatic heterocycles. The maximum absolute atomic E-state index is 13.0. The van der Waals surface area contributed by atoms with Crippen LogP contribution in [0.4, 0.5) is 10.5 Å². The standard InChI is InChI=1S/C27H44N2O3.ClH/c1-6-9-12-17-31-24-14-11-10-13-23(24)28-26(30)32-25-20-15-16-22(27(4,5)18-20)21(25)19-29(7-2)8-3;/h10-11,13-14,20-22,25H,6-9,12,15-19H2,1-5H3,(H,28,30);1H. The number of nitrogens with zero attached hydrogens (tertiary/aromatic N) is 1. The van der Waals surface area contributed by atoms with E-state index in [0.29, 0.717) is 41.2 Å². The molecule has 3 fully saturated rings. The molecule has 3 aliphatic carbocycles. The van der Waals surface area contributed by atoms with Gasteiger partial charge in [0.2, 0.25) is 0 Å². The molecule has 2 bridgehead atoms. The maximum atomic E-state index is 13.0. The largest absolute Gasteiger partial charge is 0.491 e. The zero-order valence-electron chi connectivity index (χ0n) is 21.3. The molecule has 1 N–H and O–H groups in total. The Morgan fingerprint density at radius 2 is 1.85 bits per heavy atom. The van der Waals surface area contributed by atoms with Gasteiger partial charge in [0.25, 0.3) is 0 Å². The van der Waals surface area contributed by atoms with Crippen LogP contribution in [0.3, 0.4) is 0 Å². The molecule has 0 saturated heterocycles. The first-order valence-corrected chi connectivity index (χ1v) is 12.8. The second-order valence-electron chi connectivity index (χ2n) is 10.3. The van der Waals surface area contributed by atoms with E-state index in [2.05, 4.69) is 44.8 Å². The summed E-state index contributed by atoms with van der Waals surface area (Å²) in [7, 11) is 0. The molecule has 0 spiro atoms. The Kier molecular flexibility index (Phi) is 10.8. The average Bonchev–Trinajstić information content (AvgIpc) is 2.77. The predicted octanol–water partition coefficient (Wildman–Crippen LogP) is 7.01. The van der Waals surface area contributed by atoms with Crippen LogP contribution < -0.4 is 10.1 Å². The second kappa shape index (κ2) is 12.9. The Morgan fingerprint density at radius 3 is 2.52 bits per heavy atom. The molecule has 4 rings (SSSR count). The summed E-state index contributed by atoms with van der Waals surface area (Å²) in [5.41, 5.74) is 1.01. The van der Waals surface area contributed by atoms with Gasteiger partial charge >= 0.3 is 6.09 Å². The topological polar surface area (TPSA) is 50.8 Å². The van der Waals surface area contributed by atoms with Crippen LogP contribution in [0.5, 0.6) is 5.75 Å². The molecule has 0 aliphatic heterocycles. The lowest BCUT2D eigenvalue weighted by molar-refractivity contribution is -0.124. The Hall–Kier alpha value is -1.46. The molecule has 6 heteroatoms. The summed E-state index contributed by atoms with van der Waals surface area (Å²) in [5, 5.41) is 2.98. The number of benzene rings is 1. The average molecular weight is 481 g/mol. The zero-order chi connectivity index (χ0) is 23.1. The quantitative estimate of drug-likeness (QED) is 0.346. The number of hydrogen-bond acceptors (Lipinski definition) is 4. The molecule has 5 nitrogen and oxygen atoms in total. The van der Waals surface area contributed by atoms with Gasteiger partial charge in [0, 0.05) is 12.5 Å². The molecule has 3 saturated carbocycles. The summed E-state index contributed by atoms with van der Waals surface area (Å²) in [6.07, 6.45) is 6.51. The predicted molar refractivity (Wildman–Crippen MR) is 138 cm³/mol. The SMILES string of the molecule is CCCCCOc1ccccc1NC(=O)OC1C2CCC(C1CN(CC)CC)C(C)(C)C2.Cl. The summed E-state index contributed by atoms with van der Waals surface area (Å²) in [5.74, 6) is 2.15. The van der Waals surface area contributed by atoms with Gasteiger partial charge in [0.05, 0.1) is 12.3 Å². The van der Waals surface area contributed by atoms with E-state index in [0.717, 1.165) is 51.7 Å². The molecule has 0 radical (unpaired) electrons. The Balaban J connectivity index is 0.00000385. The first-order valence-electron chi connectivity index (χ1n) is 12.8. The summed E-state index contributed by atoms with van der Waals surface area (Å²) >= 11 is 0. The lowest BCUT2D eigenvalue weighted by atomic mass is 9.52. The van der Waals surface area contributed by atoms with Crippen LogP contribution in [0.15, 0.2) is 24.3 Å². The number of para-hydroxylation sites is 2. The summed E-state index contributed by atoms with van der Waals surface area (Å²) in [6.45, 7) is 15.2. The minimum Gasteiger partial charge on any atom is -0.491 e. The highest BCUT2D eigenvalue weighted by atomic mass is 35.5. The highest BCUT2D eigenvalue weighted by Crippen LogP contribution is 2.56. The van der Waals surface area contributed by atoms with Gasteiger partial charge in [-0.1, -0.05) is 59.6 Å². The molecule has 1 aromatic carbocycles. The number of carbonyl (C=O) groups is 1. The van der Waals surface area contributed by atoms with Gasteiger partial charge in [-0.25, -0.2) is 4.79 Å². The molecule has 4 unspecified atom stereocenters. The van der Waals surface area contributed by atoms with Crippen molar-refractivity contribution in [2.75, 3.05) is 31.6 Å². The molecule has 1 amide bonds. The fourth-order valence-corrected chi connectivity index (χ4v) is 6.05. The zero-order valence-corrected chi connectivity index (χ0v) is 22.1. The first kappa shape index (κ1) is 27.8. The third-order valence-corrected chi connectivity index (χ3v) is 7.78. The van der Waals surface area contributed by atoms with E-state index in [1.54, 1.807) is 0 Å². The minimum absolute atomic E-state index is 0. The van der Waals surface area contributed by atoms with Crippen LogP contribution >= 0.6 is 12.4 Å². The van der Waals surface area contributed by atoms with E-state index in [4.69, 9.17) is 9.47 Å². The maximum Gasteiger partial charge on any atom is 0.412 e. The van der Waals surface area contributed by atoms with Gasteiger partial charge < -0.3 is 14.4 Å². The molecular weight excluding hydrogens is 436 g/mol. The van der Waals surface area contributed by atoms with Crippen LogP contribution in [-0.4, -0.2) is 43.3 Å². The Bertz CT molecular complexity index is 738. The van der Waals surface area contributed by atoms with Crippen molar-refractivity contribution in [1.82, 2.24) is 4.90 Å². The third kappa shape index (κ3) is 7.02. The molecule has 4 atom stereocenters. The van der Waals surface area contributed by atoms with Crippen LogP contribution in [0.1, 0.15) is 73.1 Å². The molecule has 0 heterocycles. The highest BCUT2D eigenvalue weighted by Gasteiger charge is 2.53. The van der Waals surface area contributed by atoms with Crippen LogP contribution in [0.2, 0.25) is 0 Å². The van der Waals surface area contributed by atoms with Crippen LogP contribution in [0, 0.1) is 23.2 Å². The van der Waals surface area contributed by atoms with E-state index >= 15 is 0 Å². The van der Waals surface area contributed by atoms with Crippen molar-refractivity contribution in [2.45, 2.75) is 79.2 Å². The smallest absolute Gasteiger partial charge is 0.412 e. The van der Waals surface area contributed by atoms with Crippen molar-refractivity contribution >= 4 is 24.2 Å². The van der Waals surface area contributed by atoms with Gasteiger partial charge in [-0.2, -0.15) is 0 Å². The molecule has 3 aliphatic rings. The Morgan fingerprint density at radius 1 is 1.12 bits per heavy atom. The van der Waals surface area contributed by atoms with Gasteiger partial charge in [-0.15, -0.1) is 12.4 Å². The first-order chi connectivity index (χ1) is 15.4. The molecule has 188 valence electrons. The number of fused-ring (bicyclic) bond motifs is 3. The number of ether oxygens (including phenoxy) is 2. The van der Waals surface area contributed by atoms with Crippen LogP contribution in [0.25, 0.3) is 0 Å². The lowest BCUT2D eigenvalue weighted by Crippen LogP contribution is -2.56. The van der Waals surface area contributed by atoms with E-state index in [-0.39, 0.29) is 24.6 Å². The normalized spacial score (nSPS) is 25.4. The van der Waals surface area contributed by atoms with E-state index < -0.39 is 0 Å². The molecular formula is C27H45ClN2O3. The van der Waals surface area contributed by atoms with E-state index in [9.17, 15) is 4.79 Å². The van der Waals surface area contributed by atoms with E-state index in [1.165, 1.54) is 6.42 Å². The van der Waals surface area contributed by atoms with Crippen molar-refractivity contribution in [2.24, 2.45) is 23.2 Å². The fourth-order valence-electron chi connectivity index (χ4n) is 6.05. The number of anilines is 1. The Labute approximate surface area is 207 Å². The van der Waals surface area contributed by atoms with Gasteiger partial charge in [-0.3, -0.25) is 5.32 Å². The number of nitrogens with one attached hydrogen (secondary N) is 1. The summed E-state index contributed by atoms with van der Waals surface area (Å²) < 4.78 is 12.1. The van der Waals surface area contributed by atoms with Crippen molar-refractivity contribution in [3.05, 3.63) is 24.3 Å². The number of hydrogen-bond donors (Lipinski definition) is 1. The number of unbranched alkanes of at least 4 members (excludes halogenated alkanes) is 2. The van der Waals surface area contributed by atoms with Gasteiger partial charge in [0.15, 0.2) is 0 Å². The monoisotopic (exact) mass is 480 g/mol. The number of rotatable bonds is 11. The molecule has 33 heavy (non-hydrogen) atoms. The summed E-state index contributed by atoms with van der Waals surface area (Å²) in [4.78, 5) is 15.5. The van der Waals surface area contributed by atoms with Crippen molar-refractivity contribution < 1.29 is 14.3 Å². The van der Waals surface area contributed by atoms with Crippen molar-refractivity contribution in [1.29, 1.82) is 0 Å². The number of carbonyl (C=O) groups excluding carboxylic acids is 1. The number of halogens is 1. The van der Waals surface area contributed by atoms with E-state index in [1.807, 2.05) is 24.3 Å². The van der Waals surface area contributed by atoms with Crippen LogP contribution in [-0.2, 0) is 4.74 Å². The van der Waals surface area contributed by atoms with Gasteiger partial charge in [0.1, 0.15) is 11.9 Å². The minimum atomic E-state index is -0.352. The molecule has 1 aromatic rings.